The summed E-state index contributed by atoms with van der Waals surface area (Å²) in [6, 6.07) is 6.90. The monoisotopic (exact) mass is 400 g/mol. The van der Waals surface area contributed by atoms with Gasteiger partial charge in [0.15, 0.2) is 6.61 Å². The number of rotatable bonds is 7. The van der Waals surface area contributed by atoms with Crippen LogP contribution in [-0.2, 0) is 19.1 Å². The fourth-order valence-corrected chi connectivity index (χ4v) is 5.82. The highest BCUT2D eigenvalue weighted by atomic mass is 16.5. The van der Waals surface area contributed by atoms with Gasteiger partial charge in [-0.2, -0.15) is 0 Å². The summed E-state index contributed by atoms with van der Waals surface area (Å²) in [5.41, 5.74) is 0.263. The molecule has 0 aliphatic heterocycles. The van der Waals surface area contributed by atoms with Crippen molar-refractivity contribution < 1.29 is 23.9 Å². The molecule has 0 saturated heterocycles. The second kappa shape index (κ2) is 8.05. The summed E-state index contributed by atoms with van der Waals surface area (Å²) >= 11 is 0. The van der Waals surface area contributed by atoms with Gasteiger partial charge >= 0.3 is 5.97 Å². The zero-order valence-electron chi connectivity index (χ0n) is 16.7. The number of anilines is 1. The zero-order chi connectivity index (χ0) is 20.4. The summed E-state index contributed by atoms with van der Waals surface area (Å²) in [7, 11) is 1.54. The maximum absolute atomic E-state index is 12.8. The predicted molar refractivity (Wildman–Crippen MR) is 106 cm³/mol. The summed E-state index contributed by atoms with van der Waals surface area (Å²) in [6.07, 6.45) is 6.62. The normalized spacial score (nSPS) is 29.2. The van der Waals surface area contributed by atoms with Crippen molar-refractivity contribution in [1.29, 1.82) is 0 Å². The molecule has 1 aromatic carbocycles. The highest BCUT2D eigenvalue weighted by Gasteiger charge is 2.54. The molecular weight excluding hydrogens is 372 g/mol. The molecule has 5 rings (SSSR count). The number of benzene rings is 1. The predicted octanol–water partition coefficient (Wildman–Crippen LogP) is 2.51. The Morgan fingerprint density at radius 2 is 1.72 bits per heavy atom. The Morgan fingerprint density at radius 3 is 2.34 bits per heavy atom. The fraction of sp³-hybridized carbons (Fsp3) is 0.591. The minimum absolute atomic E-state index is 0.0191. The molecule has 4 saturated carbocycles. The van der Waals surface area contributed by atoms with E-state index in [4.69, 9.17) is 9.47 Å². The summed E-state index contributed by atoms with van der Waals surface area (Å²) in [4.78, 5) is 36.8. The summed E-state index contributed by atoms with van der Waals surface area (Å²) in [6.45, 7) is -0.601. The van der Waals surface area contributed by atoms with E-state index >= 15 is 0 Å². The molecule has 7 heteroatoms. The Hall–Kier alpha value is -2.57. The van der Waals surface area contributed by atoms with Crippen molar-refractivity contribution in [2.75, 3.05) is 25.6 Å². The molecule has 2 N–H and O–H groups in total. The standard InChI is InChI=1S/C22H28N2O5/c1-28-18-4-2-3-17(8-18)24-19(25)13-29-20(26)12-23-21(27)22-9-14-5-15(10-22)7-16(6-14)11-22/h2-4,8,14-16H,5-7,9-13H2,1H3,(H,23,27)(H,24,25). The average molecular weight is 400 g/mol. The molecule has 4 fully saturated rings. The van der Waals surface area contributed by atoms with Crippen molar-refractivity contribution in [3.05, 3.63) is 24.3 Å². The van der Waals surface area contributed by atoms with Crippen LogP contribution in [-0.4, -0.2) is 38.0 Å². The van der Waals surface area contributed by atoms with Gasteiger partial charge < -0.3 is 20.1 Å². The lowest BCUT2D eigenvalue weighted by atomic mass is 9.49. The first-order valence-electron chi connectivity index (χ1n) is 10.3. The quantitative estimate of drug-likeness (QED) is 0.686. The van der Waals surface area contributed by atoms with Crippen molar-refractivity contribution in [1.82, 2.24) is 5.32 Å². The highest BCUT2D eigenvalue weighted by molar-refractivity contribution is 5.93. The number of hydrogen-bond acceptors (Lipinski definition) is 5. The number of carbonyl (C=O) groups is 3. The summed E-state index contributed by atoms with van der Waals surface area (Å²) in [5, 5.41) is 5.41. The van der Waals surface area contributed by atoms with Gasteiger partial charge in [-0.25, -0.2) is 0 Å². The van der Waals surface area contributed by atoms with E-state index in [9.17, 15) is 14.4 Å². The molecule has 0 unspecified atom stereocenters. The van der Waals surface area contributed by atoms with Gasteiger partial charge in [0.25, 0.3) is 5.91 Å². The largest absolute Gasteiger partial charge is 0.497 e. The van der Waals surface area contributed by atoms with Crippen molar-refractivity contribution in [2.24, 2.45) is 23.2 Å². The Kier molecular flexibility index (Phi) is 5.48. The number of carbonyl (C=O) groups excluding carboxylic acids is 3. The van der Waals surface area contributed by atoms with E-state index in [0.717, 1.165) is 19.3 Å². The molecule has 4 bridgehead atoms. The first kappa shape index (κ1) is 19.7. The van der Waals surface area contributed by atoms with Gasteiger partial charge in [0.1, 0.15) is 12.3 Å². The van der Waals surface area contributed by atoms with Crippen molar-refractivity contribution >= 4 is 23.5 Å². The van der Waals surface area contributed by atoms with Gasteiger partial charge in [0.2, 0.25) is 5.91 Å². The lowest BCUT2D eigenvalue weighted by Crippen LogP contribution is -2.54. The Balaban J connectivity index is 1.21. The molecule has 1 aromatic rings. The maximum Gasteiger partial charge on any atom is 0.325 e. The average Bonchev–Trinajstić information content (AvgIpc) is 2.69. The van der Waals surface area contributed by atoms with Crippen LogP contribution in [0.3, 0.4) is 0 Å². The maximum atomic E-state index is 12.8. The Morgan fingerprint density at radius 1 is 1.07 bits per heavy atom. The number of nitrogens with one attached hydrogen (secondary N) is 2. The van der Waals surface area contributed by atoms with Crippen molar-refractivity contribution in [2.45, 2.75) is 38.5 Å². The van der Waals surface area contributed by atoms with Crippen LogP contribution in [0.2, 0.25) is 0 Å². The van der Waals surface area contributed by atoms with Crippen LogP contribution >= 0.6 is 0 Å². The molecule has 2 amide bonds. The Labute approximate surface area is 170 Å². The van der Waals surface area contributed by atoms with Crippen molar-refractivity contribution in [3.8, 4) is 5.75 Å². The highest BCUT2D eigenvalue weighted by Crippen LogP contribution is 2.60. The number of esters is 1. The number of ether oxygens (including phenoxy) is 2. The van der Waals surface area contributed by atoms with Crippen LogP contribution in [0.15, 0.2) is 24.3 Å². The third kappa shape index (κ3) is 4.38. The molecule has 0 aromatic heterocycles. The smallest absolute Gasteiger partial charge is 0.325 e. The summed E-state index contributed by atoms with van der Waals surface area (Å²) in [5.74, 6) is 1.54. The van der Waals surface area contributed by atoms with Crippen LogP contribution < -0.4 is 15.4 Å². The van der Waals surface area contributed by atoms with E-state index in [0.29, 0.717) is 29.2 Å². The van der Waals surface area contributed by atoms with E-state index in [1.165, 1.54) is 19.3 Å². The van der Waals surface area contributed by atoms with E-state index in [1.54, 1.807) is 31.4 Å². The second-order valence-electron chi connectivity index (χ2n) is 8.82. The third-order valence-electron chi connectivity index (χ3n) is 6.63. The minimum Gasteiger partial charge on any atom is -0.497 e. The van der Waals surface area contributed by atoms with Gasteiger partial charge in [-0.3, -0.25) is 14.4 Å². The topological polar surface area (TPSA) is 93.7 Å². The van der Waals surface area contributed by atoms with Crippen LogP contribution in [0.5, 0.6) is 5.75 Å². The molecule has 4 aliphatic carbocycles. The lowest BCUT2D eigenvalue weighted by molar-refractivity contribution is -0.152. The third-order valence-corrected chi connectivity index (χ3v) is 6.63. The molecule has 0 radical (unpaired) electrons. The van der Waals surface area contributed by atoms with Crippen LogP contribution in [0.1, 0.15) is 38.5 Å². The van der Waals surface area contributed by atoms with Crippen LogP contribution in [0.4, 0.5) is 5.69 Å². The molecule has 0 spiro atoms. The molecule has 156 valence electrons. The SMILES string of the molecule is COc1cccc(NC(=O)COC(=O)CNC(=O)C23CC4CC(CC(C4)C2)C3)c1. The molecule has 4 aliphatic rings. The first-order chi connectivity index (χ1) is 14.0. The van der Waals surface area contributed by atoms with Gasteiger partial charge in [0, 0.05) is 17.2 Å². The molecular formula is C22H28N2O5. The van der Waals surface area contributed by atoms with E-state index in [1.807, 2.05) is 0 Å². The van der Waals surface area contributed by atoms with Gasteiger partial charge in [0.05, 0.1) is 7.11 Å². The molecule has 29 heavy (non-hydrogen) atoms. The molecule has 0 atom stereocenters. The number of methoxy groups -OCH3 is 1. The second-order valence-corrected chi connectivity index (χ2v) is 8.82. The van der Waals surface area contributed by atoms with Crippen molar-refractivity contribution in [3.63, 3.8) is 0 Å². The van der Waals surface area contributed by atoms with E-state index in [2.05, 4.69) is 10.6 Å². The summed E-state index contributed by atoms with van der Waals surface area (Å²) < 4.78 is 10.1. The molecule has 7 nitrogen and oxygen atoms in total. The number of amides is 2. The Bertz CT molecular complexity index is 771. The lowest BCUT2D eigenvalue weighted by Gasteiger charge is -2.55. The van der Waals surface area contributed by atoms with Crippen LogP contribution in [0, 0.1) is 23.2 Å². The van der Waals surface area contributed by atoms with Gasteiger partial charge in [-0.1, -0.05) is 6.07 Å². The first-order valence-corrected chi connectivity index (χ1v) is 10.3. The minimum atomic E-state index is -0.608. The fourth-order valence-electron chi connectivity index (χ4n) is 5.82. The van der Waals surface area contributed by atoms with E-state index < -0.39 is 18.5 Å². The zero-order valence-corrected chi connectivity index (χ0v) is 16.7. The van der Waals surface area contributed by atoms with Gasteiger partial charge in [-0.15, -0.1) is 0 Å². The van der Waals surface area contributed by atoms with Gasteiger partial charge in [-0.05, 0) is 68.4 Å². The number of hydrogen-bond donors (Lipinski definition) is 2. The molecule has 0 heterocycles. The van der Waals surface area contributed by atoms with E-state index in [-0.39, 0.29) is 17.9 Å². The van der Waals surface area contributed by atoms with Crippen LogP contribution in [0.25, 0.3) is 0 Å².